The van der Waals surface area contributed by atoms with E-state index in [9.17, 15) is 27.2 Å². The van der Waals surface area contributed by atoms with Gasteiger partial charge in [0.05, 0.1) is 11.3 Å². The third-order valence-electron chi connectivity index (χ3n) is 4.06. The average Bonchev–Trinajstić information content (AvgIpc) is 2.98. The van der Waals surface area contributed by atoms with Gasteiger partial charge in [-0.05, 0) is 42.3 Å². The van der Waals surface area contributed by atoms with Gasteiger partial charge in [-0.2, -0.15) is 13.2 Å². The van der Waals surface area contributed by atoms with Crippen molar-refractivity contribution in [3.8, 4) is 0 Å². The first-order valence-electron chi connectivity index (χ1n) is 7.65. The summed E-state index contributed by atoms with van der Waals surface area (Å²) in [7, 11) is 0. The van der Waals surface area contributed by atoms with Crippen LogP contribution in [-0.4, -0.2) is 18.5 Å². The lowest BCUT2D eigenvalue weighted by molar-refractivity contribution is -0.137. The van der Waals surface area contributed by atoms with Crippen LogP contribution in [0, 0.1) is 5.82 Å². The summed E-state index contributed by atoms with van der Waals surface area (Å²) in [6.07, 6.45) is -4.22. The first-order valence-corrected chi connectivity index (χ1v) is 8.44. The number of benzene rings is 2. The molecule has 0 spiro atoms. The minimum absolute atomic E-state index is 0.219. The number of alkyl halides is 3. The quantitative estimate of drug-likeness (QED) is 0.676. The van der Waals surface area contributed by atoms with E-state index in [1.165, 1.54) is 11.0 Å². The van der Waals surface area contributed by atoms with E-state index in [2.05, 4.69) is 21.2 Å². The fourth-order valence-corrected chi connectivity index (χ4v) is 3.49. The van der Waals surface area contributed by atoms with Crippen LogP contribution in [0.4, 0.5) is 33.7 Å². The first kappa shape index (κ1) is 19.2. The number of nitrogens with one attached hydrogen (secondary N) is 1. The predicted molar refractivity (Wildman–Crippen MR) is 94.1 cm³/mol. The van der Waals surface area contributed by atoms with Crippen molar-refractivity contribution in [2.24, 2.45) is 5.73 Å². The van der Waals surface area contributed by atoms with Crippen LogP contribution >= 0.6 is 15.9 Å². The molecule has 1 aliphatic rings. The number of hydrogen-bond acceptors (Lipinski definition) is 2. The van der Waals surface area contributed by atoms with Crippen molar-refractivity contribution < 1.29 is 27.2 Å². The number of urea groups is 1. The summed E-state index contributed by atoms with van der Waals surface area (Å²) >= 11 is 3.33. The molecule has 1 aliphatic heterocycles. The van der Waals surface area contributed by atoms with Crippen molar-refractivity contribution in [2.75, 3.05) is 16.8 Å². The van der Waals surface area contributed by atoms with Gasteiger partial charge < -0.3 is 11.1 Å². The second-order valence-corrected chi connectivity index (χ2v) is 6.73. The van der Waals surface area contributed by atoms with Gasteiger partial charge in [-0.15, -0.1) is 0 Å². The van der Waals surface area contributed by atoms with E-state index in [0.29, 0.717) is 41.3 Å². The molecule has 0 fully saturated rings. The highest BCUT2D eigenvalue weighted by atomic mass is 79.9. The summed E-state index contributed by atoms with van der Waals surface area (Å²) in [5, 5.41) is 2.41. The van der Waals surface area contributed by atoms with Crippen molar-refractivity contribution in [1.29, 1.82) is 0 Å². The van der Waals surface area contributed by atoms with E-state index < -0.39 is 35.1 Å². The van der Waals surface area contributed by atoms with E-state index in [1.54, 1.807) is 6.07 Å². The molecular formula is C17H12BrF4N3O2. The summed E-state index contributed by atoms with van der Waals surface area (Å²) < 4.78 is 52.5. The number of amides is 3. The maximum atomic E-state index is 13.5. The minimum atomic E-state index is -4.78. The van der Waals surface area contributed by atoms with Crippen molar-refractivity contribution in [3.63, 3.8) is 0 Å². The predicted octanol–water partition coefficient (Wildman–Crippen LogP) is 4.30. The molecule has 10 heteroatoms. The molecule has 3 N–H and O–H groups in total. The molecule has 5 nitrogen and oxygen atoms in total. The molecule has 0 aromatic heterocycles. The van der Waals surface area contributed by atoms with Crippen LogP contribution in [0.25, 0.3) is 0 Å². The van der Waals surface area contributed by atoms with Crippen LogP contribution in [-0.2, 0) is 12.6 Å². The highest BCUT2D eigenvalue weighted by molar-refractivity contribution is 9.10. The van der Waals surface area contributed by atoms with Gasteiger partial charge in [-0.1, -0.05) is 15.9 Å². The summed E-state index contributed by atoms with van der Waals surface area (Å²) in [5.41, 5.74) is 5.10. The standard InChI is InChI=1S/C17H12BrF4N3O2/c18-13-6-11(7-14-12(13)1-2-25(14)16(23)27)24-15(26)8-3-9(17(20,21)22)5-10(19)4-8/h3-7H,1-2H2,(H2,23,27)(H,24,26). The average molecular weight is 446 g/mol. The van der Waals surface area contributed by atoms with Gasteiger partial charge in [0.25, 0.3) is 5.91 Å². The van der Waals surface area contributed by atoms with Crippen LogP contribution in [0.15, 0.2) is 34.8 Å². The Morgan fingerprint density at radius 2 is 1.85 bits per heavy atom. The molecule has 3 rings (SSSR count). The normalized spacial score (nSPS) is 13.4. The van der Waals surface area contributed by atoms with Crippen LogP contribution in [0.3, 0.4) is 0 Å². The number of halogens is 5. The molecule has 142 valence electrons. The van der Waals surface area contributed by atoms with Crippen molar-refractivity contribution in [1.82, 2.24) is 0 Å². The van der Waals surface area contributed by atoms with Crippen LogP contribution < -0.4 is 16.0 Å². The highest BCUT2D eigenvalue weighted by Crippen LogP contribution is 2.37. The molecule has 2 aromatic rings. The summed E-state index contributed by atoms with van der Waals surface area (Å²) in [5.74, 6) is -2.10. The summed E-state index contributed by atoms with van der Waals surface area (Å²) in [4.78, 5) is 25.1. The number of carbonyl (C=O) groups is 2. The fraction of sp³-hybridized carbons (Fsp3) is 0.176. The molecule has 27 heavy (non-hydrogen) atoms. The number of rotatable bonds is 2. The van der Waals surface area contributed by atoms with E-state index in [1.807, 2.05) is 0 Å². The van der Waals surface area contributed by atoms with Crippen molar-refractivity contribution >= 4 is 39.2 Å². The number of carbonyl (C=O) groups excluding carboxylic acids is 2. The Morgan fingerprint density at radius 3 is 2.48 bits per heavy atom. The third kappa shape index (κ3) is 3.90. The second kappa shape index (κ2) is 6.84. The van der Waals surface area contributed by atoms with E-state index in [0.717, 1.165) is 5.56 Å². The number of fused-ring (bicyclic) bond motifs is 1. The lowest BCUT2D eigenvalue weighted by Gasteiger charge is -2.16. The van der Waals surface area contributed by atoms with Gasteiger partial charge in [0.2, 0.25) is 0 Å². The van der Waals surface area contributed by atoms with Gasteiger partial charge in [-0.3, -0.25) is 9.69 Å². The molecule has 0 saturated heterocycles. The monoisotopic (exact) mass is 445 g/mol. The maximum absolute atomic E-state index is 13.5. The number of primary amides is 1. The van der Waals surface area contributed by atoms with Gasteiger partial charge in [-0.25, -0.2) is 9.18 Å². The zero-order chi connectivity index (χ0) is 19.9. The molecule has 3 amide bonds. The molecule has 0 radical (unpaired) electrons. The largest absolute Gasteiger partial charge is 0.416 e. The maximum Gasteiger partial charge on any atom is 0.416 e. The Balaban J connectivity index is 1.92. The van der Waals surface area contributed by atoms with Crippen LogP contribution in [0.2, 0.25) is 0 Å². The van der Waals surface area contributed by atoms with E-state index in [-0.39, 0.29) is 5.69 Å². The zero-order valence-corrected chi connectivity index (χ0v) is 15.1. The Bertz CT molecular complexity index is 947. The fourth-order valence-electron chi connectivity index (χ4n) is 2.84. The lowest BCUT2D eigenvalue weighted by Crippen LogP contribution is -2.34. The Hall–Kier alpha value is -2.62. The van der Waals surface area contributed by atoms with Crippen LogP contribution in [0.1, 0.15) is 21.5 Å². The number of hydrogen-bond donors (Lipinski definition) is 2. The molecule has 0 unspecified atom stereocenters. The zero-order valence-electron chi connectivity index (χ0n) is 13.5. The van der Waals surface area contributed by atoms with Crippen LogP contribution in [0.5, 0.6) is 0 Å². The second-order valence-electron chi connectivity index (χ2n) is 5.88. The minimum Gasteiger partial charge on any atom is -0.351 e. The van der Waals surface area contributed by atoms with E-state index >= 15 is 0 Å². The highest BCUT2D eigenvalue weighted by Gasteiger charge is 2.32. The summed E-state index contributed by atoms with van der Waals surface area (Å²) in [6.45, 7) is 0.375. The van der Waals surface area contributed by atoms with E-state index in [4.69, 9.17) is 5.73 Å². The van der Waals surface area contributed by atoms with Crippen molar-refractivity contribution in [3.05, 3.63) is 57.3 Å². The first-order chi connectivity index (χ1) is 12.6. The summed E-state index contributed by atoms with van der Waals surface area (Å²) in [6, 6.07) is 3.96. The number of nitrogens with two attached hydrogens (primary N) is 1. The number of nitrogens with zero attached hydrogens (tertiary/aromatic N) is 1. The van der Waals surface area contributed by atoms with Gasteiger partial charge >= 0.3 is 12.2 Å². The molecule has 0 saturated carbocycles. The smallest absolute Gasteiger partial charge is 0.351 e. The van der Waals surface area contributed by atoms with Gasteiger partial charge in [0, 0.05) is 22.3 Å². The SMILES string of the molecule is NC(=O)N1CCc2c(Br)cc(NC(=O)c3cc(F)cc(C(F)(F)F)c3)cc21. The topological polar surface area (TPSA) is 75.4 Å². The van der Waals surface area contributed by atoms with Gasteiger partial charge in [0.15, 0.2) is 0 Å². The third-order valence-corrected chi connectivity index (χ3v) is 4.77. The molecule has 0 aliphatic carbocycles. The Morgan fingerprint density at radius 1 is 1.15 bits per heavy atom. The molecule has 0 atom stereocenters. The Kier molecular flexibility index (Phi) is 4.85. The molecule has 2 aromatic carbocycles. The van der Waals surface area contributed by atoms with Crippen molar-refractivity contribution in [2.45, 2.75) is 12.6 Å². The van der Waals surface area contributed by atoms with Gasteiger partial charge in [0.1, 0.15) is 5.82 Å². The molecule has 1 heterocycles. The Labute approximate surface area is 159 Å². The molecular weight excluding hydrogens is 434 g/mol. The molecule has 0 bridgehead atoms. The lowest BCUT2D eigenvalue weighted by atomic mass is 10.1. The number of anilines is 2.